The van der Waals surface area contributed by atoms with Gasteiger partial charge in [-0.1, -0.05) is 12.1 Å². The lowest BCUT2D eigenvalue weighted by Gasteiger charge is -2.35. The van der Waals surface area contributed by atoms with Gasteiger partial charge in [0.1, 0.15) is 5.82 Å². The second-order valence-corrected chi connectivity index (χ2v) is 7.33. The molecule has 1 fully saturated rings. The number of carbonyl (C=O) groups excluding carboxylic acids is 1. The summed E-state index contributed by atoms with van der Waals surface area (Å²) in [5.41, 5.74) is 2.56. The number of H-pyrrole nitrogens is 1. The number of nitrogens with zero attached hydrogens (tertiary/aromatic N) is 5. The largest absolute Gasteiger partial charge is 0.365 e. The Morgan fingerprint density at radius 3 is 2.44 bits per heavy atom. The summed E-state index contributed by atoms with van der Waals surface area (Å²) in [5, 5.41) is 13.6. The van der Waals surface area contributed by atoms with E-state index in [2.05, 4.69) is 20.3 Å². The number of pyridine rings is 1. The standard InChI is InChI=1S/C21H21N7O4/c1-14-23-18(12-20(29)24-14)15-2-4-16(5-3-15)25-21(30)27-10-8-26(9-11-27)17-6-7-19(22-13-17)28(31)32/h2-7,12-13H,8-11H2,1H3,(H,25,30)(H,23,24,29). The fraction of sp³-hybridized carbons (Fsp3) is 0.238. The second kappa shape index (κ2) is 8.84. The molecule has 2 N–H and O–H groups in total. The van der Waals surface area contributed by atoms with Gasteiger partial charge in [-0.15, -0.1) is 0 Å². The van der Waals surface area contributed by atoms with Crippen LogP contribution in [0.1, 0.15) is 5.82 Å². The van der Waals surface area contributed by atoms with Gasteiger partial charge in [0.2, 0.25) is 0 Å². The maximum Gasteiger partial charge on any atom is 0.363 e. The van der Waals surface area contributed by atoms with Crippen molar-refractivity contribution >= 4 is 23.2 Å². The molecule has 0 unspecified atom stereocenters. The number of urea groups is 1. The average molecular weight is 435 g/mol. The molecular weight excluding hydrogens is 414 g/mol. The lowest BCUT2D eigenvalue weighted by atomic mass is 10.1. The number of carbonyl (C=O) groups is 1. The average Bonchev–Trinajstić information content (AvgIpc) is 2.79. The van der Waals surface area contributed by atoms with E-state index >= 15 is 0 Å². The van der Waals surface area contributed by atoms with Crippen LogP contribution in [-0.4, -0.2) is 57.0 Å². The highest BCUT2D eigenvalue weighted by atomic mass is 16.6. The Balaban J connectivity index is 1.33. The van der Waals surface area contributed by atoms with Crippen LogP contribution in [0.25, 0.3) is 11.3 Å². The van der Waals surface area contributed by atoms with E-state index in [4.69, 9.17) is 0 Å². The van der Waals surface area contributed by atoms with Crippen LogP contribution in [0.3, 0.4) is 0 Å². The van der Waals surface area contributed by atoms with Gasteiger partial charge >= 0.3 is 11.8 Å². The molecular formula is C21H21N7O4. The monoisotopic (exact) mass is 435 g/mol. The van der Waals surface area contributed by atoms with Gasteiger partial charge in [-0.3, -0.25) is 4.79 Å². The molecule has 11 heteroatoms. The number of hydrogen-bond donors (Lipinski definition) is 2. The summed E-state index contributed by atoms with van der Waals surface area (Å²) in [7, 11) is 0. The predicted molar refractivity (Wildman–Crippen MR) is 119 cm³/mol. The summed E-state index contributed by atoms with van der Waals surface area (Å²) in [6.45, 7) is 3.93. The third kappa shape index (κ3) is 4.72. The third-order valence-corrected chi connectivity index (χ3v) is 5.14. The zero-order chi connectivity index (χ0) is 22.7. The van der Waals surface area contributed by atoms with Crippen molar-refractivity contribution in [2.75, 3.05) is 36.4 Å². The number of aromatic nitrogens is 3. The van der Waals surface area contributed by atoms with Crippen molar-refractivity contribution in [3.63, 3.8) is 0 Å². The molecule has 0 atom stereocenters. The molecule has 1 aliphatic rings. The number of nitrogens with one attached hydrogen (secondary N) is 2. The normalized spacial score (nSPS) is 13.7. The maximum absolute atomic E-state index is 12.6. The molecule has 2 amide bonds. The van der Waals surface area contributed by atoms with Crippen molar-refractivity contribution in [3.8, 4) is 11.3 Å². The van der Waals surface area contributed by atoms with E-state index in [1.807, 2.05) is 4.90 Å². The summed E-state index contributed by atoms with van der Waals surface area (Å²) in [6, 6.07) is 11.4. The summed E-state index contributed by atoms with van der Waals surface area (Å²) in [4.78, 5) is 49.0. The number of aryl methyl sites for hydroxylation is 1. The van der Waals surface area contributed by atoms with Crippen molar-refractivity contribution < 1.29 is 9.72 Å². The lowest BCUT2D eigenvalue weighted by molar-refractivity contribution is -0.389. The van der Waals surface area contributed by atoms with E-state index in [1.165, 1.54) is 18.3 Å². The number of aromatic amines is 1. The van der Waals surface area contributed by atoms with Crippen molar-refractivity contribution in [1.29, 1.82) is 0 Å². The number of amides is 2. The molecule has 4 rings (SSSR count). The van der Waals surface area contributed by atoms with E-state index < -0.39 is 4.92 Å². The summed E-state index contributed by atoms with van der Waals surface area (Å²) in [6.07, 6.45) is 1.48. The predicted octanol–water partition coefficient (Wildman–Crippen LogP) is 2.40. The number of nitro groups is 1. The zero-order valence-electron chi connectivity index (χ0n) is 17.3. The number of anilines is 2. The van der Waals surface area contributed by atoms with Crippen LogP contribution in [0.5, 0.6) is 0 Å². The van der Waals surface area contributed by atoms with Crippen LogP contribution in [0, 0.1) is 17.0 Å². The van der Waals surface area contributed by atoms with Crippen LogP contribution in [-0.2, 0) is 0 Å². The Bertz CT molecular complexity index is 1180. The van der Waals surface area contributed by atoms with Crippen LogP contribution in [0.2, 0.25) is 0 Å². The molecule has 0 saturated carbocycles. The minimum Gasteiger partial charge on any atom is -0.365 e. The molecule has 0 spiro atoms. The first kappa shape index (κ1) is 21.0. The van der Waals surface area contributed by atoms with Crippen molar-refractivity contribution in [3.05, 3.63) is 75.0 Å². The third-order valence-electron chi connectivity index (χ3n) is 5.14. The molecule has 11 nitrogen and oxygen atoms in total. The van der Waals surface area contributed by atoms with Gasteiger partial charge in [-0.25, -0.2) is 9.78 Å². The minimum absolute atomic E-state index is 0.192. The van der Waals surface area contributed by atoms with Gasteiger partial charge in [-0.05, 0) is 35.0 Å². The Morgan fingerprint density at radius 2 is 1.84 bits per heavy atom. The van der Waals surface area contributed by atoms with Crippen LogP contribution >= 0.6 is 0 Å². The van der Waals surface area contributed by atoms with Crippen LogP contribution < -0.4 is 15.8 Å². The molecule has 164 valence electrons. The topological polar surface area (TPSA) is 137 Å². The van der Waals surface area contributed by atoms with E-state index in [0.29, 0.717) is 43.4 Å². The molecule has 0 radical (unpaired) electrons. The second-order valence-electron chi connectivity index (χ2n) is 7.33. The minimum atomic E-state index is -0.532. The van der Waals surface area contributed by atoms with Gasteiger partial charge < -0.3 is 30.2 Å². The first-order valence-corrected chi connectivity index (χ1v) is 9.99. The summed E-state index contributed by atoms with van der Waals surface area (Å²) >= 11 is 0. The highest BCUT2D eigenvalue weighted by Gasteiger charge is 2.22. The maximum atomic E-state index is 12.6. The smallest absolute Gasteiger partial charge is 0.363 e. The number of rotatable bonds is 4. The molecule has 1 aromatic carbocycles. The van der Waals surface area contributed by atoms with Crippen LogP contribution in [0.15, 0.2) is 53.5 Å². The van der Waals surface area contributed by atoms with Gasteiger partial charge in [0.15, 0.2) is 6.20 Å². The first-order chi connectivity index (χ1) is 15.4. The van der Waals surface area contributed by atoms with Gasteiger partial charge in [0.25, 0.3) is 5.56 Å². The molecule has 0 aliphatic carbocycles. The molecule has 32 heavy (non-hydrogen) atoms. The Hall–Kier alpha value is -4.28. The fourth-order valence-corrected chi connectivity index (χ4v) is 3.50. The van der Waals surface area contributed by atoms with Crippen molar-refractivity contribution in [2.45, 2.75) is 6.92 Å². The summed E-state index contributed by atoms with van der Waals surface area (Å²) < 4.78 is 0. The first-order valence-electron chi connectivity index (χ1n) is 9.99. The Kier molecular flexibility index (Phi) is 5.79. The van der Waals surface area contributed by atoms with Crippen molar-refractivity contribution in [1.82, 2.24) is 19.9 Å². The molecule has 2 aromatic heterocycles. The Labute approximate surface area is 182 Å². The van der Waals surface area contributed by atoms with Gasteiger partial charge in [-0.2, -0.15) is 0 Å². The van der Waals surface area contributed by atoms with Gasteiger partial charge in [0, 0.05) is 49.6 Å². The Morgan fingerprint density at radius 1 is 1.12 bits per heavy atom. The highest BCUT2D eigenvalue weighted by molar-refractivity contribution is 5.89. The van der Waals surface area contributed by atoms with E-state index in [9.17, 15) is 19.7 Å². The molecule has 3 aromatic rings. The molecule has 3 heterocycles. The highest BCUT2D eigenvalue weighted by Crippen LogP contribution is 2.20. The zero-order valence-corrected chi connectivity index (χ0v) is 17.3. The van der Waals surface area contributed by atoms with E-state index in [1.54, 1.807) is 42.2 Å². The fourth-order valence-electron chi connectivity index (χ4n) is 3.50. The SMILES string of the molecule is Cc1nc(-c2ccc(NC(=O)N3CCN(c4ccc([N+](=O)[O-])nc4)CC3)cc2)cc(=O)[nH]1. The van der Waals surface area contributed by atoms with Crippen molar-refractivity contribution in [2.24, 2.45) is 0 Å². The quantitative estimate of drug-likeness (QED) is 0.474. The lowest BCUT2D eigenvalue weighted by Crippen LogP contribution is -2.50. The number of hydrogen-bond acceptors (Lipinski definition) is 7. The van der Waals surface area contributed by atoms with Gasteiger partial charge in [0.05, 0.1) is 11.4 Å². The molecule has 1 saturated heterocycles. The van der Waals surface area contributed by atoms with E-state index in [-0.39, 0.29) is 17.4 Å². The number of benzene rings is 1. The van der Waals surface area contributed by atoms with E-state index in [0.717, 1.165) is 11.3 Å². The molecule has 0 bridgehead atoms. The summed E-state index contributed by atoms with van der Waals surface area (Å²) in [5.74, 6) is 0.344. The van der Waals surface area contributed by atoms with Crippen LogP contribution in [0.4, 0.5) is 22.0 Å². The molecule has 1 aliphatic heterocycles. The number of piperazine rings is 1.